The van der Waals surface area contributed by atoms with E-state index in [0.29, 0.717) is 11.0 Å². The van der Waals surface area contributed by atoms with Crippen molar-refractivity contribution in [2.75, 3.05) is 4.90 Å². The van der Waals surface area contributed by atoms with Crippen LogP contribution < -0.4 is 4.90 Å². The number of anilines is 1. The predicted octanol–water partition coefficient (Wildman–Crippen LogP) is 5.63. The van der Waals surface area contributed by atoms with E-state index >= 15 is 0 Å². The quantitative estimate of drug-likeness (QED) is 0.410. The van der Waals surface area contributed by atoms with E-state index in [1.165, 1.54) is 18.2 Å². The molecule has 1 unspecified atom stereocenters. The van der Waals surface area contributed by atoms with Crippen molar-refractivity contribution in [3.63, 3.8) is 0 Å². The molecule has 0 aliphatic carbocycles. The molecule has 3 aromatic carbocycles. The number of hydrogen-bond donors (Lipinski definition) is 1. The van der Waals surface area contributed by atoms with Crippen molar-refractivity contribution < 1.29 is 32.3 Å². The van der Waals surface area contributed by atoms with Crippen LogP contribution in [-0.2, 0) is 4.79 Å². The molecule has 0 saturated carbocycles. The van der Waals surface area contributed by atoms with Crippen LogP contribution in [0, 0.1) is 17.5 Å². The number of para-hydroxylation sites is 1. The van der Waals surface area contributed by atoms with E-state index in [4.69, 9.17) is 4.42 Å². The Morgan fingerprint density at radius 2 is 1.61 bits per heavy atom. The van der Waals surface area contributed by atoms with E-state index in [9.17, 15) is 27.9 Å². The molecule has 4 aromatic rings. The fourth-order valence-electron chi connectivity index (χ4n) is 3.94. The largest absolute Gasteiger partial charge is 0.503 e. The van der Waals surface area contributed by atoms with E-state index in [1.54, 1.807) is 24.3 Å². The molecule has 1 aliphatic heterocycles. The first-order valence-electron chi connectivity index (χ1n) is 9.85. The first-order chi connectivity index (χ1) is 15.8. The number of aliphatic hydroxyl groups is 1. The molecular formula is C25H14F3NO4. The van der Waals surface area contributed by atoms with Gasteiger partial charge in [0.15, 0.2) is 11.5 Å². The molecule has 0 spiro atoms. The molecule has 8 heteroatoms. The second kappa shape index (κ2) is 7.67. The zero-order chi connectivity index (χ0) is 23.3. The minimum Gasteiger partial charge on any atom is -0.503 e. The van der Waals surface area contributed by atoms with Gasteiger partial charge in [-0.1, -0.05) is 30.3 Å². The summed E-state index contributed by atoms with van der Waals surface area (Å²) in [6, 6.07) is 14.2. The van der Waals surface area contributed by atoms with Gasteiger partial charge >= 0.3 is 0 Å². The van der Waals surface area contributed by atoms with E-state index in [0.717, 1.165) is 35.2 Å². The third-order valence-corrected chi connectivity index (χ3v) is 5.46. The smallest absolute Gasteiger partial charge is 0.294 e. The van der Waals surface area contributed by atoms with Gasteiger partial charge in [0.25, 0.3) is 5.91 Å². The van der Waals surface area contributed by atoms with E-state index < -0.39 is 52.2 Å². The molecule has 33 heavy (non-hydrogen) atoms. The molecule has 1 aromatic heterocycles. The topological polar surface area (TPSA) is 70.8 Å². The number of rotatable bonds is 4. The molecule has 5 rings (SSSR count). The highest BCUT2D eigenvalue weighted by atomic mass is 19.1. The zero-order valence-electron chi connectivity index (χ0n) is 16.8. The Hall–Kier alpha value is -4.33. The molecule has 1 aliphatic rings. The minimum atomic E-state index is -1.35. The molecule has 2 heterocycles. The molecule has 0 radical (unpaired) electrons. The van der Waals surface area contributed by atoms with Crippen molar-refractivity contribution in [2.45, 2.75) is 6.04 Å². The molecule has 1 atom stereocenters. The number of carbonyl (C=O) groups is 2. The maximum absolute atomic E-state index is 14.6. The number of carbonyl (C=O) groups excluding carboxylic acids is 2. The van der Waals surface area contributed by atoms with Crippen molar-refractivity contribution in [3.05, 3.63) is 113 Å². The molecule has 0 bridgehead atoms. The van der Waals surface area contributed by atoms with Crippen molar-refractivity contribution >= 4 is 28.3 Å². The lowest BCUT2D eigenvalue weighted by molar-refractivity contribution is -0.117. The van der Waals surface area contributed by atoms with Gasteiger partial charge < -0.3 is 9.52 Å². The first-order valence-corrected chi connectivity index (χ1v) is 9.85. The van der Waals surface area contributed by atoms with Gasteiger partial charge in [0, 0.05) is 11.5 Å². The summed E-state index contributed by atoms with van der Waals surface area (Å²) in [5, 5.41) is 11.3. The number of furan rings is 1. The number of amides is 1. The number of nitrogens with zero attached hydrogens (tertiary/aromatic N) is 1. The average Bonchev–Trinajstić information content (AvgIpc) is 3.35. The standard InChI is InChI=1S/C25H14F3NO4/c26-15-7-5-13(6-8-15)22-21(23(30)20-11-14-3-1-2-4-19(14)33-20)24(31)25(32)29(22)18-12-16(27)9-10-17(18)28/h1-12,22,31H. The van der Waals surface area contributed by atoms with Crippen molar-refractivity contribution in [1.82, 2.24) is 0 Å². The van der Waals surface area contributed by atoms with Gasteiger partial charge in [0.2, 0.25) is 5.78 Å². The molecule has 0 fully saturated rings. The Balaban J connectivity index is 1.69. The van der Waals surface area contributed by atoms with Gasteiger partial charge in [0.05, 0.1) is 17.3 Å². The molecule has 1 amide bonds. The van der Waals surface area contributed by atoms with Gasteiger partial charge in [-0.15, -0.1) is 0 Å². The summed E-state index contributed by atoms with van der Waals surface area (Å²) in [7, 11) is 0. The Morgan fingerprint density at radius 1 is 0.909 bits per heavy atom. The summed E-state index contributed by atoms with van der Waals surface area (Å²) in [4.78, 5) is 27.2. The number of Topliss-reactive ketones (excluding diaryl/α,β-unsaturated/α-hetero) is 1. The summed E-state index contributed by atoms with van der Waals surface area (Å²) in [6.07, 6.45) is 0. The van der Waals surface area contributed by atoms with Crippen LogP contribution in [0.4, 0.5) is 18.9 Å². The number of halogens is 3. The first kappa shape index (κ1) is 20.6. The van der Waals surface area contributed by atoms with E-state index in [1.807, 2.05) is 0 Å². The zero-order valence-corrected chi connectivity index (χ0v) is 16.8. The number of hydrogen-bond acceptors (Lipinski definition) is 4. The summed E-state index contributed by atoms with van der Waals surface area (Å²) in [5.74, 6) is -5.35. The minimum absolute atomic E-state index is 0.153. The molecule has 0 saturated heterocycles. The average molecular weight is 449 g/mol. The summed E-state index contributed by atoms with van der Waals surface area (Å²) < 4.78 is 47.7. The summed E-state index contributed by atoms with van der Waals surface area (Å²) in [5.41, 5.74) is -0.254. The lowest BCUT2D eigenvalue weighted by Crippen LogP contribution is -2.32. The fraction of sp³-hybridized carbons (Fsp3) is 0.0400. The maximum Gasteiger partial charge on any atom is 0.294 e. The second-order valence-corrected chi connectivity index (χ2v) is 7.46. The fourth-order valence-corrected chi connectivity index (χ4v) is 3.94. The highest BCUT2D eigenvalue weighted by Crippen LogP contribution is 2.43. The Kier molecular flexibility index (Phi) is 4.78. The highest BCUT2D eigenvalue weighted by molar-refractivity contribution is 6.20. The predicted molar refractivity (Wildman–Crippen MR) is 113 cm³/mol. The van der Waals surface area contributed by atoms with Crippen LogP contribution in [0.1, 0.15) is 22.2 Å². The van der Waals surface area contributed by atoms with Crippen LogP contribution in [0.15, 0.2) is 88.5 Å². The lowest BCUT2D eigenvalue weighted by atomic mass is 9.94. The van der Waals surface area contributed by atoms with Gasteiger partial charge in [-0.05, 0) is 42.0 Å². The van der Waals surface area contributed by atoms with Gasteiger partial charge in [-0.25, -0.2) is 13.2 Å². The second-order valence-electron chi connectivity index (χ2n) is 7.46. The third kappa shape index (κ3) is 3.36. The number of aliphatic hydroxyl groups excluding tert-OH is 1. The van der Waals surface area contributed by atoms with Gasteiger partial charge in [0.1, 0.15) is 23.0 Å². The highest BCUT2D eigenvalue weighted by Gasteiger charge is 2.46. The van der Waals surface area contributed by atoms with Crippen molar-refractivity contribution in [2.24, 2.45) is 0 Å². The van der Waals surface area contributed by atoms with Crippen LogP contribution in [0.25, 0.3) is 11.0 Å². The third-order valence-electron chi connectivity index (χ3n) is 5.46. The van der Waals surface area contributed by atoms with E-state index in [2.05, 4.69) is 0 Å². The Morgan fingerprint density at radius 3 is 2.33 bits per heavy atom. The molecular weight excluding hydrogens is 435 g/mol. The van der Waals surface area contributed by atoms with Crippen LogP contribution in [0.5, 0.6) is 0 Å². The van der Waals surface area contributed by atoms with E-state index in [-0.39, 0.29) is 11.3 Å². The van der Waals surface area contributed by atoms with Crippen LogP contribution in [0.2, 0.25) is 0 Å². The maximum atomic E-state index is 14.6. The SMILES string of the molecule is O=C(C1=C(O)C(=O)N(c2cc(F)ccc2F)C1c1ccc(F)cc1)c1cc2ccccc2o1. The van der Waals surface area contributed by atoms with Gasteiger partial charge in [-0.2, -0.15) is 0 Å². The lowest BCUT2D eigenvalue weighted by Gasteiger charge is -2.27. The molecule has 164 valence electrons. The van der Waals surface area contributed by atoms with Crippen molar-refractivity contribution in [3.8, 4) is 0 Å². The Labute approximate surface area is 185 Å². The monoisotopic (exact) mass is 449 g/mol. The van der Waals surface area contributed by atoms with Crippen LogP contribution in [-0.4, -0.2) is 16.8 Å². The van der Waals surface area contributed by atoms with Crippen molar-refractivity contribution in [1.29, 1.82) is 0 Å². The molecule has 5 nitrogen and oxygen atoms in total. The van der Waals surface area contributed by atoms with Crippen LogP contribution in [0.3, 0.4) is 0 Å². The Bertz CT molecular complexity index is 1420. The summed E-state index contributed by atoms with van der Waals surface area (Å²) in [6.45, 7) is 0. The van der Waals surface area contributed by atoms with Gasteiger partial charge in [-0.3, -0.25) is 14.5 Å². The number of ketones is 1. The number of benzene rings is 3. The normalized spacial score (nSPS) is 16.2. The number of fused-ring (bicyclic) bond motifs is 1. The molecule has 1 N–H and O–H groups in total. The summed E-state index contributed by atoms with van der Waals surface area (Å²) >= 11 is 0. The van der Waals surface area contributed by atoms with Crippen LogP contribution >= 0.6 is 0 Å².